The van der Waals surface area contributed by atoms with E-state index in [1.165, 1.54) is 17.0 Å². The Labute approximate surface area is 125 Å². The Hall–Kier alpha value is -2.47. The Morgan fingerprint density at radius 1 is 1.33 bits per heavy atom. The smallest absolute Gasteiger partial charge is 0.270 e. The van der Waals surface area contributed by atoms with Crippen LogP contribution in [0.1, 0.15) is 22.2 Å². The average molecular weight is 300 g/mol. The van der Waals surface area contributed by atoms with E-state index in [0.717, 1.165) is 11.3 Å². The minimum Gasteiger partial charge on any atom is -0.321 e. The monoisotopic (exact) mass is 300 g/mol. The number of amides is 1. The molecule has 0 bridgehead atoms. The second kappa shape index (κ2) is 5.14. The van der Waals surface area contributed by atoms with Crippen LogP contribution in [0.25, 0.3) is 11.6 Å². The summed E-state index contributed by atoms with van der Waals surface area (Å²) < 4.78 is 0. The molecule has 1 aromatic heterocycles. The zero-order chi connectivity index (χ0) is 15.0. The van der Waals surface area contributed by atoms with Crippen LogP contribution < -0.4 is 5.32 Å². The molecule has 1 aliphatic heterocycles. The van der Waals surface area contributed by atoms with Crippen LogP contribution in [0.4, 0.5) is 11.4 Å². The Morgan fingerprint density at radius 3 is 2.81 bits per heavy atom. The number of hydrogen-bond donors (Lipinski definition) is 1. The minimum absolute atomic E-state index is 0.0171. The molecule has 1 aliphatic rings. The molecule has 0 aliphatic carbocycles. The van der Waals surface area contributed by atoms with Gasteiger partial charge in [-0.1, -0.05) is 6.92 Å². The summed E-state index contributed by atoms with van der Waals surface area (Å²) in [5, 5.41) is 13.6. The predicted octanol–water partition coefficient (Wildman–Crippen LogP) is 3.71. The van der Waals surface area contributed by atoms with E-state index in [1.54, 1.807) is 23.5 Å². The van der Waals surface area contributed by atoms with Crippen molar-refractivity contribution >= 4 is 40.3 Å². The summed E-state index contributed by atoms with van der Waals surface area (Å²) in [7, 11) is 0. The van der Waals surface area contributed by atoms with Crippen molar-refractivity contribution < 1.29 is 9.72 Å². The van der Waals surface area contributed by atoms with E-state index < -0.39 is 4.92 Å². The molecule has 0 radical (unpaired) electrons. The van der Waals surface area contributed by atoms with Gasteiger partial charge in [0.05, 0.1) is 10.5 Å². The first kappa shape index (κ1) is 13.5. The van der Waals surface area contributed by atoms with Crippen molar-refractivity contribution in [2.24, 2.45) is 0 Å². The number of anilines is 1. The topological polar surface area (TPSA) is 72.2 Å². The van der Waals surface area contributed by atoms with Crippen molar-refractivity contribution in [1.29, 1.82) is 0 Å². The van der Waals surface area contributed by atoms with E-state index in [4.69, 9.17) is 0 Å². The first-order valence-electron chi connectivity index (χ1n) is 6.49. The molecule has 0 spiro atoms. The lowest BCUT2D eigenvalue weighted by Gasteiger charge is -1.98. The van der Waals surface area contributed by atoms with Gasteiger partial charge in [-0.05, 0) is 30.7 Å². The molecule has 0 saturated heterocycles. The minimum atomic E-state index is -0.457. The normalized spacial score (nSPS) is 15.1. The van der Waals surface area contributed by atoms with Gasteiger partial charge < -0.3 is 5.32 Å². The molecule has 1 N–H and O–H groups in total. The largest absolute Gasteiger partial charge is 0.321 e. The summed E-state index contributed by atoms with van der Waals surface area (Å²) in [4.78, 5) is 24.7. The van der Waals surface area contributed by atoms with Gasteiger partial charge in [0.25, 0.3) is 11.6 Å². The maximum Gasteiger partial charge on any atom is 0.270 e. The molecular weight excluding hydrogens is 288 g/mol. The molecule has 1 amide bonds. The van der Waals surface area contributed by atoms with Crippen molar-refractivity contribution in [2.75, 3.05) is 5.32 Å². The van der Waals surface area contributed by atoms with E-state index in [1.807, 2.05) is 12.1 Å². The summed E-state index contributed by atoms with van der Waals surface area (Å²) >= 11 is 1.62. The number of nitrogens with zero attached hydrogens (tertiary/aromatic N) is 1. The number of nitro groups is 1. The van der Waals surface area contributed by atoms with Gasteiger partial charge in [0.15, 0.2) is 0 Å². The van der Waals surface area contributed by atoms with Crippen LogP contribution in [0.5, 0.6) is 0 Å². The molecule has 106 valence electrons. The number of benzene rings is 1. The van der Waals surface area contributed by atoms with Gasteiger partial charge in [0.1, 0.15) is 0 Å². The molecule has 6 heteroatoms. The lowest BCUT2D eigenvalue weighted by molar-refractivity contribution is -0.384. The lowest BCUT2D eigenvalue weighted by Crippen LogP contribution is -2.03. The van der Waals surface area contributed by atoms with Gasteiger partial charge in [0.2, 0.25) is 0 Å². The van der Waals surface area contributed by atoms with Gasteiger partial charge in [-0.25, -0.2) is 0 Å². The number of thiophene rings is 1. The highest BCUT2D eigenvalue weighted by Crippen LogP contribution is 2.36. The fourth-order valence-electron chi connectivity index (χ4n) is 2.24. The molecule has 5 nitrogen and oxygen atoms in total. The molecule has 2 heterocycles. The van der Waals surface area contributed by atoms with Crippen LogP contribution in [-0.4, -0.2) is 10.8 Å². The van der Waals surface area contributed by atoms with E-state index in [9.17, 15) is 14.9 Å². The second-order valence-electron chi connectivity index (χ2n) is 4.66. The number of aryl methyl sites for hydroxylation is 1. The highest BCUT2D eigenvalue weighted by molar-refractivity contribution is 7.13. The van der Waals surface area contributed by atoms with Crippen LogP contribution in [0.15, 0.2) is 30.3 Å². The SMILES string of the molecule is CCc1ccc(C=C2C(=O)Nc3ccc([N+](=O)[O-])cc32)s1. The summed E-state index contributed by atoms with van der Waals surface area (Å²) in [6.07, 6.45) is 2.73. The average Bonchev–Trinajstić information content (AvgIpc) is 3.04. The Kier molecular flexibility index (Phi) is 3.31. The highest BCUT2D eigenvalue weighted by atomic mass is 32.1. The molecular formula is C15H12N2O3S. The van der Waals surface area contributed by atoms with Gasteiger partial charge >= 0.3 is 0 Å². The van der Waals surface area contributed by atoms with Crippen LogP contribution in [0.3, 0.4) is 0 Å². The third-order valence-electron chi connectivity index (χ3n) is 3.31. The maximum absolute atomic E-state index is 12.0. The summed E-state index contributed by atoms with van der Waals surface area (Å²) in [6, 6.07) is 8.38. The van der Waals surface area contributed by atoms with Crippen LogP contribution >= 0.6 is 11.3 Å². The fourth-order valence-corrected chi connectivity index (χ4v) is 3.13. The van der Waals surface area contributed by atoms with Gasteiger partial charge in [0, 0.05) is 33.1 Å². The predicted molar refractivity (Wildman–Crippen MR) is 83.3 cm³/mol. The molecule has 2 aromatic rings. The number of carbonyl (C=O) groups is 1. The number of nitrogens with one attached hydrogen (secondary N) is 1. The Bertz CT molecular complexity index is 777. The quantitative estimate of drug-likeness (QED) is 0.533. The standard InChI is InChI=1S/C15H12N2O3S/c1-2-10-4-5-11(21-10)8-13-12-7-9(17(19)20)3-6-14(12)16-15(13)18/h3-8H,2H2,1H3,(H,16,18). The van der Waals surface area contributed by atoms with Crippen molar-refractivity contribution in [3.63, 3.8) is 0 Å². The molecule has 0 saturated carbocycles. The molecule has 1 aromatic carbocycles. The number of nitro benzene ring substituents is 1. The van der Waals surface area contributed by atoms with Crippen molar-refractivity contribution in [3.8, 4) is 0 Å². The molecule has 0 unspecified atom stereocenters. The first-order valence-corrected chi connectivity index (χ1v) is 7.30. The molecule has 0 atom stereocenters. The van der Waals surface area contributed by atoms with E-state index in [2.05, 4.69) is 12.2 Å². The maximum atomic E-state index is 12.0. The number of rotatable bonds is 3. The van der Waals surface area contributed by atoms with Crippen molar-refractivity contribution in [1.82, 2.24) is 0 Å². The lowest BCUT2D eigenvalue weighted by atomic mass is 10.1. The highest BCUT2D eigenvalue weighted by Gasteiger charge is 2.26. The third-order valence-corrected chi connectivity index (χ3v) is 4.49. The van der Waals surface area contributed by atoms with E-state index in [-0.39, 0.29) is 11.6 Å². The van der Waals surface area contributed by atoms with Crippen molar-refractivity contribution in [2.45, 2.75) is 13.3 Å². The third kappa shape index (κ3) is 2.45. The first-order chi connectivity index (χ1) is 10.1. The van der Waals surface area contributed by atoms with Crippen LogP contribution in [-0.2, 0) is 11.2 Å². The fraction of sp³-hybridized carbons (Fsp3) is 0.133. The van der Waals surface area contributed by atoms with Crippen LogP contribution in [0.2, 0.25) is 0 Å². The molecule has 21 heavy (non-hydrogen) atoms. The zero-order valence-electron chi connectivity index (χ0n) is 11.3. The van der Waals surface area contributed by atoms with E-state index in [0.29, 0.717) is 16.8 Å². The molecule has 0 fully saturated rings. The molecule has 3 rings (SSSR count). The Morgan fingerprint density at radius 2 is 2.14 bits per heavy atom. The van der Waals surface area contributed by atoms with Gasteiger partial charge in [-0.2, -0.15) is 0 Å². The number of fused-ring (bicyclic) bond motifs is 1. The number of hydrogen-bond acceptors (Lipinski definition) is 4. The van der Waals surface area contributed by atoms with Gasteiger partial charge in [-0.3, -0.25) is 14.9 Å². The summed E-state index contributed by atoms with van der Waals surface area (Å²) in [5.74, 6) is -0.225. The van der Waals surface area contributed by atoms with Crippen LogP contribution in [0, 0.1) is 10.1 Å². The number of non-ortho nitro benzene ring substituents is 1. The Balaban J connectivity index is 2.06. The second-order valence-corrected chi connectivity index (χ2v) is 5.86. The summed E-state index contributed by atoms with van der Waals surface area (Å²) in [6.45, 7) is 2.07. The van der Waals surface area contributed by atoms with E-state index >= 15 is 0 Å². The van der Waals surface area contributed by atoms with Crippen molar-refractivity contribution in [3.05, 3.63) is 55.8 Å². The van der Waals surface area contributed by atoms with Gasteiger partial charge in [-0.15, -0.1) is 11.3 Å². The summed E-state index contributed by atoms with van der Waals surface area (Å²) in [5.41, 5.74) is 1.65. The number of carbonyl (C=O) groups excluding carboxylic acids is 1. The zero-order valence-corrected chi connectivity index (χ0v) is 12.1.